The molecule has 1 aliphatic rings. The van der Waals surface area contributed by atoms with Crippen LogP contribution in [0.15, 0.2) is 17.4 Å². The second kappa shape index (κ2) is 3.53. The lowest BCUT2D eigenvalue weighted by atomic mass is 10.2. The summed E-state index contributed by atoms with van der Waals surface area (Å²) in [7, 11) is 0. The zero-order valence-corrected chi connectivity index (χ0v) is 6.11. The van der Waals surface area contributed by atoms with Crippen molar-refractivity contribution in [3.63, 3.8) is 0 Å². The summed E-state index contributed by atoms with van der Waals surface area (Å²) in [5, 5.41) is 0. The molecule has 1 saturated carbocycles. The molecule has 0 aromatic rings. The minimum Gasteiger partial charge on any atom is -0.126 e. The number of rotatable bonds is 1. The molecule has 0 N–H and O–H groups in total. The van der Waals surface area contributed by atoms with E-state index in [0.717, 1.165) is 6.42 Å². The SMILES string of the molecule is CCC=C=C1CCCC1. The van der Waals surface area contributed by atoms with Gasteiger partial charge in [-0.05, 0) is 43.8 Å². The van der Waals surface area contributed by atoms with E-state index in [2.05, 4.69) is 18.7 Å². The van der Waals surface area contributed by atoms with Gasteiger partial charge in [-0.15, -0.1) is 5.73 Å². The van der Waals surface area contributed by atoms with Crippen molar-refractivity contribution >= 4 is 0 Å². The highest BCUT2D eigenvalue weighted by Gasteiger charge is 2.03. The fourth-order valence-electron chi connectivity index (χ4n) is 1.19. The van der Waals surface area contributed by atoms with E-state index in [1.165, 1.54) is 31.3 Å². The van der Waals surface area contributed by atoms with Crippen LogP contribution >= 0.6 is 0 Å². The molecular formula is C9H14. The van der Waals surface area contributed by atoms with Crippen molar-refractivity contribution in [3.8, 4) is 0 Å². The van der Waals surface area contributed by atoms with Crippen LogP contribution in [0.2, 0.25) is 0 Å². The maximum atomic E-state index is 3.32. The molecule has 0 unspecified atom stereocenters. The van der Waals surface area contributed by atoms with E-state index in [1.54, 1.807) is 0 Å². The van der Waals surface area contributed by atoms with Crippen LogP contribution in [0.4, 0.5) is 0 Å². The Hall–Kier alpha value is -0.480. The number of allylic oxidation sites excluding steroid dienone is 1. The van der Waals surface area contributed by atoms with Gasteiger partial charge in [-0.25, -0.2) is 0 Å². The smallest absolute Gasteiger partial charge is 0.0244 e. The van der Waals surface area contributed by atoms with Gasteiger partial charge in [-0.1, -0.05) is 6.92 Å². The van der Waals surface area contributed by atoms with Gasteiger partial charge in [0, 0.05) is 0 Å². The number of hydrogen-bond donors (Lipinski definition) is 0. The molecule has 0 saturated heterocycles. The monoisotopic (exact) mass is 122 g/mol. The first-order chi connectivity index (χ1) is 4.43. The molecule has 0 nitrogen and oxygen atoms in total. The molecule has 0 heterocycles. The van der Waals surface area contributed by atoms with E-state index in [4.69, 9.17) is 0 Å². The van der Waals surface area contributed by atoms with Gasteiger partial charge in [0.2, 0.25) is 0 Å². The van der Waals surface area contributed by atoms with Crippen molar-refractivity contribution in [2.45, 2.75) is 39.0 Å². The molecule has 0 aromatic carbocycles. The first-order valence-corrected chi connectivity index (χ1v) is 3.86. The summed E-state index contributed by atoms with van der Waals surface area (Å²) >= 11 is 0. The lowest BCUT2D eigenvalue weighted by Crippen LogP contribution is -1.64. The van der Waals surface area contributed by atoms with Crippen molar-refractivity contribution < 1.29 is 0 Å². The topological polar surface area (TPSA) is 0 Å². The van der Waals surface area contributed by atoms with Crippen molar-refractivity contribution in [2.75, 3.05) is 0 Å². The Morgan fingerprint density at radius 1 is 1.44 bits per heavy atom. The van der Waals surface area contributed by atoms with Crippen molar-refractivity contribution in [1.29, 1.82) is 0 Å². The molecule has 0 atom stereocenters. The molecule has 0 radical (unpaired) electrons. The third-order valence-corrected chi connectivity index (χ3v) is 1.72. The molecule has 0 aromatic heterocycles. The second-order valence-electron chi connectivity index (χ2n) is 2.57. The maximum absolute atomic E-state index is 3.32. The van der Waals surface area contributed by atoms with Gasteiger partial charge >= 0.3 is 0 Å². The molecule has 9 heavy (non-hydrogen) atoms. The van der Waals surface area contributed by atoms with Crippen LogP contribution in [0, 0.1) is 0 Å². The first kappa shape index (κ1) is 6.64. The average molecular weight is 122 g/mol. The molecule has 0 amide bonds. The van der Waals surface area contributed by atoms with E-state index in [0.29, 0.717) is 0 Å². The van der Waals surface area contributed by atoms with Crippen LogP contribution < -0.4 is 0 Å². The first-order valence-electron chi connectivity index (χ1n) is 3.86. The third kappa shape index (κ3) is 2.07. The van der Waals surface area contributed by atoms with Gasteiger partial charge in [0.25, 0.3) is 0 Å². The van der Waals surface area contributed by atoms with E-state index >= 15 is 0 Å². The Labute approximate surface area is 57.3 Å². The van der Waals surface area contributed by atoms with Gasteiger partial charge in [-0.2, -0.15) is 0 Å². The molecule has 0 heteroatoms. The second-order valence-corrected chi connectivity index (χ2v) is 2.57. The van der Waals surface area contributed by atoms with Gasteiger partial charge in [0.1, 0.15) is 0 Å². The van der Waals surface area contributed by atoms with Crippen LogP contribution in [0.25, 0.3) is 0 Å². The standard InChI is InChI=1S/C9H14/c1-2-3-6-9-7-4-5-8-9/h3H,2,4-5,7-8H2,1H3. The van der Waals surface area contributed by atoms with Gasteiger partial charge in [0.05, 0.1) is 0 Å². The van der Waals surface area contributed by atoms with E-state index in [1.807, 2.05) is 0 Å². The maximum Gasteiger partial charge on any atom is -0.0244 e. The summed E-state index contributed by atoms with van der Waals surface area (Å²) in [6.45, 7) is 2.16. The molecule has 0 bridgehead atoms. The predicted octanol–water partition coefficient (Wildman–Crippen LogP) is 3.05. The lowest BCUT2D eigenvalue weighted by molar-refractivity contribution is 0.886. The molecule has 1 fully saturated rings. The van der Waals surface area contributed by atoms with Crippen molar-refractivity contribution in [2.24, 2.45) is 0 Å². The summed E-state index contributed by atoms with van der Waals surface area (Å²) < 4.78 is 0. The fourth-order valence-corrected chi connectivity index (χ4v) is 1.19. The Balaban J connectivity index is 2.48. The Bertz CT molecular complexity index is 128. The Morgan fingerprint density at radius 2 is 2.11 bits per heavy atom. The molecular weight excluding hydrogens is 108 g/mol. The highest BCUT2D eigenvalue weighted by atomic mass is 14.1. The summed E-state index contributed by atoms with van der Waals surface area (Å²) in [5.74, 6) is 0. The molecule has 1 rings (SSSR count). The van der Waals surface area contributed by atoms with Crippen LogP contribution in [0.5, 0.6) is 0 Å². The molecule has 0 aliphatic heterocycles. The Morgan fingerprint density at radius 3 is 2.67 bits per heavy atom. The highest BCUT2D eigenvalue weighted by Crippen LogP contribution is 2.22. The minimum absolute atomic E-state index is 1.13. The Kier molecular flexibility index (Phi) is 2.60. The average Bonchev–Trinajstić information content (AvgIpc) is 2.34. The largest absolute Gasteiger partial charge is 0.126 e. The van der Waals surface area contributed by atoms with Crippen LogP contribution in [0.3, 0.4) is 0 Å². The molecule has 0 spiro atoms. The van der Waals surface area contributed by atoms with E-state index < -0.39 is 0 Å². The summed E-state index contributed by atoms with van der Waals surface area (Å²) in [6.07, 6.45) is 8.65. The minimum atomic E-state index is 1.13. The van der Waals surface area contributed by atoms with Crippen LogP contribution in [-0.2, 0) is 0 Å². The lowest BCUT2D eigenvalue weighted by Gasteiger charge is -1.83. The quantitative estimate of drug-likeness (QED) is 0.469. The van der Waals surface area contributed by atoms with Gasteiger partial charge in [-0.3, -0.25) is 0 Å². The normalized spacial score (nSPS) is 17.7. The zero-order valence-electron chi connectivity index (χ0n) is 6.11. The highest BCUT2D eigenvalue weighted by molar-refractivity contribution is 5.05. The van der Waals surface area contributed by atoms with Crippen LogP contribution in [-0.4, -0.2) is 0 Å². The predicted molar refractivity (Wildman–Crippen MR) is 40.4 cm³/mol. The summed E-state index contributed by atoms with van der Waals surface area (Å²) in [4.78, 5) is 0. The van der Waals surface area contributed by atoms with E-state index in [9.17, 15) is 0 Å². The van der Waals surface area contributed by atoms with E-state index in [-0.39, 0.29) is 0 Å². The zero-order chi connectivity index (χ0) is 6.53. The van der Waals surface area contributed by atoms with Crippen LogP contribution in [0.1, 0.15) is 39.0 Å². The number of hydrogen-bond acceptors (Lipinski definition) is 0. The summed E-state index contributed by atoms with van der Waals surface area (Å²) in [5.41, 5.74) is 4.86. The third-order valence-electron chi connectivity index (χ3n) is 1.72. The molecule has 50 valence electrons. The van der Waals surface area contributed by atoms with Gasteiger partial charge in [0.15, 0.2) is 0 Å². The van der Waals surface area contributed by atoms with Gasteiger partial charge < -0.3 is 0 Å². The van der Waals surface area contributed by atoms with Crippen molar-refractivity contribution in [1.82, 2.24) is 0 Å². The molecule has 1 aliphatic carbocycles. The summed E-state index contributed by atoms with van der Waals surface area (Å²) in [6, 6.07) is 0. The van der Waals surface area contributed by atoms with Crippen molar-refractivity contribution in [3.05, 3.63) is 17.4 Å². The fraction of sp³-hybridized carbons (Fsp3) is 0.667.